The third-order valence-electron chi connectivity index (χ3n) is 5.58. The molecule has 2 N–H and O–H groups in total. The molecule has 1 atom stereocenters. The lowest BCUT2D eigenvalue weighted by atomic mass is 9.84. The van der Waals surface area contributed by atoms with Crippen molar-refractivity contribution in [3.63, 3.8) is 0 Å². The van der Waals surface area contributed by atoms with Crippen LogP contribution in [0.4, 0.5) is 0 Å². The van der Waals surface area contributed by atoms with Gasteiger partial charge < -0.3 is 9.73 Å². The number of nitrogens with zero attached hydrogens (tertiary/aromatic N) is 3. The van der Waals surface area contributed by atoms with Gasteiger partial charge in [0, 0.05) is 31.2 Å². The van der Waals surface area contributed by atoms with E-state index in [0.717, 1.165) is 24.3 Å². The van der Waals surface area contributed by atoms with Crippen LogP contribution in [-0.2, 0) is 11.2 Å². The van der Waals surface area contributed by atoms with Crippen LogP contribution >= 0.6 is 0 Å². The van der Waals surface area contributed by atoms with E-state index in [1.165, 1.54) is 38.5 Å². The molecule has 1 fully saturated rings. The highest BCUT2D eigenvalue weighted by Crippen LogP contribution is 2.31. The van der Waals surface area contributed by atoms with E-state index in [-0.39, 0.29) is 18.2 Å². The van der Waals surface area contributed by atoms with Crippen LogP contribution in [0.15, 0.2) is 29.0 Å². The summed E-state index contributed by atoms with van der Waals surface area (Å²) in [7, 11) is 0. The fraction of sp³-hybridized carbons (Fsp3) is 0.619. The van der Waals surface area contributed by atoms with Gasteiger partial charge in [-0.05, 0) is 30.0 Å². The standard InChI is InChI=1S/C21H30N4O3/c26-19(15-23-27)14-18(8-4-7-16-5-2-1-3-6-16)21-24-20(25-28-21)13-17-9-11-22-12-10-17/h9-12,16,18,23,27H,1-8,13-15H2/t18-/m1/s1. The first kappa shape index (κ1) is 20.6. The number of carbonyl (C=O) groups excluding carboxylic acids is 1. The smallest absolute Gasteiger partial charge is 0.230 e. The monoisotopic (exact) mass is 386 g/mol. The zero-order valence-corrected chi connectivity index (χ0v) is 16.3. The number of hydrogen-bond donors (Lipinski definition) is 2. The second kappa shape index (κ2) is 11.0. The van der Waals surface area contributed by atoms with Crippen LogP contribution < -0.4 is 5.48 Å². The van der Waals surface area contributed by atoms with Crippen LogP contribution in [0.25, 0.3) is 0 Å². The summed E-state index contributed by atoms with van der Waals surface area (Å²) >= 11 is 0. The van der Waals surface area contributed by atoms with Crippen molar-refractivity contribution in [2.75, 3.05) is 6.54 Å². The van der Waals surface area contributed by atoms with E-state index in [2.05, 4.69) is 15.1 Å². The van der Waals surface area contributed by atoms with Crippen molar-refractivity contribution in [3.8, 4) is 0 Å². The molecule has 2 heterocycles. The van der Waals surface area contributed by atoms with Crippen LogP contribution in [0.1, 0.15) is 81.0 Å². The minimum Gasteiger partial charge on any atom is -0.339 e. The van der Waals surface area contributed by atoms with Gasteiger partial charge in [-0.3, -0.25) is 9.78 Å². The van der Waals surface area contributed by atoms with Crippen LogP contribution in [0, 0.1) is 5.92 Å². The molecule has 0 saturated heterocycles. The lowest BCUT2D eigenvalue weighted by molar-refractivity contribution is -0.120. The molecule has 0 aliphatic heterocycles. The Labute approximate surface area is 165 Å². The van der Waals surface area contributed by atoms with Crippen molar-refractivity contribution in [2.24, 2.45) is 5.92 Å². The summed E-state index contributed by atoms with van der Waals surface area (Å²) in [5, 5.41) is 12.9. The third kappa shape index (κ3) is 6.49. The van der Waals surface area contributed by atoms with E-state index in [0.29, 0.717) is 24.6 Å². The highest BCUT2D eigenvalue weighted by atomic mass is 16.5. The van der Waals surface area contributed by atoms with Crippen molar-refractivity contribution in [3.05, 3.63) is 41.8 Å². The molecule has 0 amide bonds. The third-order valence-corrected chi connectivity index (χ3v) is 5.58. The van der Waals surface area contributed by atoms with Crippen molar-refractivity contribution in [1.82, 2.24) is 20.6 Å². The van der Waals surface area contributed by atoms with Gasteiger partial charge in [-0.25, -0.2) is 0 Å². The number of ketones is 1. The molecule has 152 valence electrons. The molecule has 1 saturated carbocycles. The Balaban J connectivity index is 1.59. The first-order valence-electron chi connectivity index (χ1n) is 10.3. The summed E-state index contributed by atoms with van der Waals surface area (Å²) < 4.78 is 5.51. The molecule has 7 nitrogen and oxygen atoms in total. The van der Waals surface area contributed by atoms with Gasteiger partial charge >= 0.3 is 0 Å². The number of hydrogen-bond acceptors (Lipinski definition) is 7. The Morgan fingerprint density at radius 1 is 1.25 bits per heavy atom. The summed E-state index contributed by atoms with van der Waals surface area (Å²) in [5.74, 6) is 1.81. The van der Waals surface area contributed by atoms with Gasteiger partial charge in [0.15, 0.2) is 5.82 Å². The SMILES string of the molecule is O=C(CNO)C[C@@H](CCCC1CCCCC1)c1nc(Cc2ccncc2)no1. The molecule has 28 heavy (non-hydrogen) atoms. The molecule has 0 radical (unpaired) electrons. The van der Waals surface area contributed by atoms with Crippen LogP contribution in [0.3, 0.4) is 0 Å². The summed E-state index contributed by atoms with van der Waals surface area (Å²) in [5.41, 5.74) is 3.01. The highest BCUT2D eigenvalue weighted by Gasteiger charge is 2.23. The molecule has 1 aliphatic carbocycles. The molecule has 0 aromatic carbocycles. The predicted octanol–water partition coefficient (Wildman–Crippen LogP) is 3.83. The first-order valence-corrected chi connectivity index (χ1v) is 10.3. The number of rotatable bonds is 11. The second-order valence-corrected chi connectivity index (χ2v) is 7.79. The maximum Gasteiger partial charge on any atom is 0.230 e. The van der Waals surface area contributed by atoms with Gasteiger partial charge in [0.05, 0.1) is 6.54 Å². The maximum absolute atomic E-state index is 12.1. The lowest BCUT2D eigenvalue weighted by Crippen LogP contribution is -2.21. The van der Waals surface area contributed by atoms with Gasteiger partial charge in [-0.2, -0.15) is 10.5 Å². The Morgan fingerprint density at radius 3 is 2.79 bits per heavy atom. The van der Waals surface area contributed by atoms with Crippen molar-refractivity contribution < 1.29 is 14.5 Å². The molecule has 1 aliphatic rings. The van der Waals surface area contributed by atoms with Crippen LogP contribution in [0.2, 0.25) is 0 Å². The fourth-order valence-corrected chi connectivity index (χ4v) is 4.07. The van der Waals surface area contributed by atoms with Crippen LogP contribution in [0.5, 0.6) is 0 Å². The van der Waals surface area contributed by atoms with Gasteiger partial charge in [-0.15, -0.1) is 0 Å². The van der Waals surface area contributed by atoms with E-state index >= 15 is 0 Å². The Hall–Kier alpha value is -2.12. The molecular weight excluding hydrogens is 356 g/mol. The number of carbonyl (C=O) groups is 1. The molecule has 3 rings (SSSR count). The van der Waals surface area contributed by atoms with Crippen LogP contribution in [-0.4, -0.2) is 32.7 Å². The lowest BCUT2D eigenvalue weighted by Gasteiger charge is -2.22. The van der Waals surface area contributed by atoms with E-state index in [1.54, 1.807) is 12.4 Å². The number of aromatic nitrogens is 3. The zero-order valence-electron chi connectivity index (χ0n) is 16.3. The van der Waals surface area contributed by atoms with Gasteiger partial charge in [-0.1, -0.05) is 50.1 Å². The van der Waals surface area contributed by atoms with Gasteiger partial charge in [0.2, 0.25) is 5.89 Å². The van der Waals surface area contributed by atoms with Crippen molar-refractivity contribution in [2.45, 2.75) is 70.1 Å². The number of hydroxylamine groups is 1. The summed E-state index contributed by atoms with van der Waals surface area (Å²) in [4.78, 5) is 20.6. The average molecular weight is 386 g/mol. The van der Waals surface area contributed by atoms with E-state index in [1.807, 2.05) is 17.6 Å². The van der Waals surface area contributed by atoms with Crippen molar-refractivity contribution >= 4 is 5.78 Å². The molecule has 0 spiro atoms. The topological polar surface area (TPSA) is 101 Å². The van der Waals surface area contributed by atoms with Gasteiger partial charge in [0.1, 0.15) is 5.78 Å². The van der Waals surface area contributed by atoms with E-state index < -0.39 is 0 Å². The van der Waals surface area contributed by atoms with E-state index in [9.17, 15) is 4.79 Å². The summed E-state index contributed by atoms with van der Waals surface area (Å²) in [6, 6.07) is 3.85. The fourth-order valence-electron chi connectivity index (χ4n) is 4.07. The average Bonchev–Trinajstić information content (AvgIpc) is 3.17. The minimum absolute atomic E-state index is 0.0564. The maximum atomic E-state index is 12.1. The zero-order chi connectivity index (χ0) is 19.6. The molecule has 0 bridgehead atoms. The molecule has 7 heteroatoms. The molecule has 0 unspecified atom stereocenters. The number of nitrogens with one attached hydrogen (secondary N) is 1. The van der Waals surface area contributed by atoms with Gasteiger partial charge in [0.25, 0.3) is 0 Å². The Morgan fingerprint density at radius 2 is 2.04 bits per heavy atom. The molecule has 2 aromatic rings. The molecular formula is C21H30N4O3. The summed E-state index contributed by atoms with van der Waals surface area (Å²) in [6.07, 6.45) is 14.2. The largest absolute Gasteiger partial charge is 0.339 e. The Bertz CT molecular complexity index is 713. The second-order valence-electron chi connectivity index (χ2n) is 7.79. The normalized spacial score (nSPS) is 16.2. The highest BCUT2D eigenvalue weighted by molar-refractivity contribution is 5.80. The predicted molar refractivity (Wildman–Crippen MR) is 104 cm³/mol. The number of pyridine rings is 1. The molecule has 2 aromatic heterocycles. The van der Waals surface area contributed by atoms with Crippen molar-refractivity contribution in [1.29, 1.82) is 0 Å². The minimum atomic E-state index is -0.0943. The van der Waals surface area contributed by atoms with E-state index in [4.69, 9.17) is 9.73 Å². The Kier molecular flexibility index (Phi) is 8.11. The first-order chi connectivity index (χ1) is 13.7. The summed E-state index contributed by atoms with van der Waals surface area (Å²) in [6.45, 7) is -0.0584. The quantitative estimate of drug-likeness (QED) is 0.566. The number of Topliss-reactive ketones (excluding diaryl/α,β-unsaturated/α-hetero) is 1.